The Kier molecular flexibility index (Phi) is 5.89. The first kappa shape index (κ1) is 19.9. The number of aryl methyl sites for hydroxylation is 1. The van der Waals surface area contributed by atoms with Crippen molar-refractivity contribution in [3.63, 3.8) is 0 Å². The Bertz CT molecular complexity index is 884. The number of ether oxygens (including phenoxy) is 1. The van der Waals surface area contributed by atoms with Gasteiger partial charge < -0.3 is 9.64 Å². The first-order chi connectivity index (χ1) is 12.8. The zero-order valence-electron chi connectivity index (χ0n) is 16.5. The van der Waals surface area contributed by atoms with Crippen molar-refractivity contribution in [2.24, 2.45) is 4.99 Å². The summed E-state index contributed by atoms with van der Waals surface area (Å²) >= 11 is 3.54. The molecule has 1 heterocycles. The molecule has 1 aliphatic heterocycles. The van der Waals surface area contributed by atoms with Crippen LogP contribution in [-0.2, 0) is 11.2 Å². The highest BCUT2D eigenvalue weighted by Gasteiger charge is 2.24. The van der Waals surface area contributed by atoms with Crippen molar-refractivity contribution in [3.8, 4) is 0 Å². The van der Waals surface area contributed by atoms with Crippen LogP contribution in [-0.4, -0.2) is 35.4 Å². The number of benzene rings is 2. The standard InChI is InChI=1S/C22H27BrN2O2/c1-5-12-25(21(26)27-22(2,3)4)14-18-10-8-15-6-7-16-13-17(23)9-11-19(16)20(15)24-18/h6-7,9,11,13H,5,8,10,12,14H2,1-4H3. The maximum atomic E-state index is 12.6. The number of aliphatic imine (C=N–C) groups is 1. The number of halogens is 1. The van der Waals surface area contributed by atoms with E-state index in [1.165, 1.54) is 10.9 Å². The molecule has 0 aromatic heterocycles. The van der Waals surface area contributed by atoms with Gasteiger partial charge in [0.15, 0.2) is 0 Å². The van der Waals surface area contributed by atoms with Gasteiger partial charge in [-0.15, -0.1) is 0 Å². The van der Waals surface area contributed by atoms with E-state index in [2.05, 4.69) is 53.2 Å². The van der Waals surface area contributed by atoms with Crippen LogP contribution in [0.1, 0.15) is 46.1 Å². The fourth-order valence-corrected chi connectivity index (χ4v) is 3.70. The number of rotatable bonds is 4. The Balaban J connectivity index is 1.88. The van der Waals surface area contributed by atoms with E-state index in [-0.39, 0.29) is 6.09 Å². The van der Waals surface area contributed by atoms with Gasteiger partial charge in [0.25, 0.3) is 0 Å². The molecule has 144 valence electrons. The number of fused-ring (bicyclic) bond motifs is 3. The molecule has 5 heteroatoms. The minimum Gasteiger partial charge on any atom is -0.444 e. The van der Waals surface area contributed by atoms with Gasteiger partial charge in [-0.05, 0) is 63.1 Å². The van der Waals surface area contributed by atoms with Crippen LogP contribution in [0.25, 0.3) is 10.8 Å². The van der Waals surface area contributed by atoms with Crippen molar-refractivity contribution in [3.05, 3.63) is 40.4 Å². The van der Waals surface area contributed by atoms with Crippen molar-refractivity contribution in [1.82, 2.24) is 4.90 Å². The third-order valence-corrected chi connectivity index (χ3v) is 5.00. The minimum atomic E-state index is -0.492. The third kappa shape index (κ3) is 4.89. The molecule has 0 atom stereocenters. The van der Waals surface area contributed by atoms with Gasteiger partial charge in [-0.3, -0.25) is 4.99 Å². The fraction of sp³-hybridized carbons (Fsp3) is 0.455. The molecule has 1 aliphatic rings. The molecule has 27 heavy (non-hydrogen) atoms. The molecule has 0 radical (unpaired) electrons. The van der Waals surface area contributed by atoms with Crippen molar-refractivity contribution in [1.29, 1.82) is 0 Å². The van der Waals surface area contributed by atoms with Crippen molar-refractivity contribution in [2.45, 2.75) is 52.6 Å². The van der Waals surface area contributed by atoms with Crippen molar-refractivity contribution in [2.75, 3.05) is 13.1 Å². The lowest BCUT2D eigenvalue weighted by Gasteiger charge is -2.28. The summed E-state index contributed by atoms with van der Waals surface area (Å²) in [5.74, 6) is 0. The molecular formula is C22H27BrN2O2. The summed E-state index contributed by atoms with van der Waals surface area (Å²) in [5, 5.41) is 2.33. The smallest absolute Gasteiger partial charge is 0.410 e. The molecule has 0 saturated carbocycles. The van der Waals surface area contributed by atoms with Crippen LogP contribution in [0, 0.1) is 0 Å². The van der Waals surface area contributed by atoms with E-state index in [9.17, 15) is 4.79 Å². The molecular weight excluding hydrogens is 404 g/mol. The SMILES string of the molecule is CCCN(CC1=Nc2c(ccc3cc(Br)ccc23)CC1)C(=O)OC(C)(C)C. The molecule has 2 aromatic carbocycles. The molecule has 0 bridgehead atoms. The second kappa shape index (κ2) is 8.01. The Hall–Kier alpha value is -1.88. The molecule has 3 rings (SSSR count). The number of carbonyl (C=O) groups is 1. The lowest BCUT2D eigenvalue weighted by atomic mass is 9.96. The van der Waals surface area contributed by atoms with Crippen LogP contribution in [0.2, 0.25) is 0 Å². The lowest BCUT2D eigenvalue weighted by Crippen LogP contribution is -2.40. The highest BCUT2D eigenvalue weighted by molar-refractivity contribution is 9.10. The minimum absolute atomic E-state index is 0.264. The summed E-state index contributed by atoms with van der Waals surface area (Å²) in [4.78, 5) is 19.3. The Morgan fingerprint density at radius 1 is 1.22 bits per heavy atom. The molecule has 2 aromatic rings. The van der Waals surface area contributed by atoms with E-state index < -0.39 is 5.60 Å². The molecule has 1 amide bonds. The maximum absolute atomic E-state index is 12.6. The summed E-state index contributed by atoms with van der Waals surface area (Å²) in [6.07, 6.45) is 2.45. The van der Waals surface area contributed by atoms with Gasteiger partial charge in [-0.25, -0.2) is 4.79 Å². The first-order valence-electron chi connectivity index (χ1n) is 9.52. The molecule has 4 nitrogen and oxygen atoms in total. The number of hydrogen-bond donors (Lipinski definition) is 0. The van der Waals surface area contributed by atoms with Gasteiger partial charge in [0.2, 0.25) is 0 Å². The van der Waals surface area contributed by atoms with Crippen LogP contribution in [0.4, 0.5) is 10.5 Å². The first-order valence-corrected chi connectivity index (χ1v) is 10.3. The Morgan fingerprint density at radius 2 is 2.00 bits per heavy atom. The molecule has 0 fully saturated rings. The average molecular weight is 431 g/mol. The second-order valence-corrected chi connectivity index (χ2v) is 8.93. The number of nitrogens with zero attached hydrogens (tertiary/aromatic N) is 2. The van der Waals surface area contributed by atoms with Gasteiger partial charge in [0.05, 0.1) is 12.2 Å². The zero-order valence-corrected chi connectivity index (χ0v) is 18.1. The normalized spacial score (nSPS) is 13.9. The van der Waals surface area contributed by atoms with E-state index in [1.54, 1.807) is 4.90 Å². The average Bonchev–Trinajstić information content (AvgIpc) is 2.59. The maximum Gasteiger partial charge on any atom is 0.410 e. The molecule has 0 aliphatic carbocycles. The van der Waals surface area contributed by atoms with E-state index in [1.807, 2.05) is 20.8 Å². The third-order valence-electron chi connectivity index (χ3n) is 4.51. The Morgan fingerprint density at radius 3 is 2.70 bits per heavy atom. The Labute approximate surface area is 169 Å². The van der Waals surface area contributed by atoms with E-state index in [0.717, 1.165) is 40.5 Å². The summed E-state index contributed by atoms with van der Waals surface area (Å²) in [5.41, 5.74) is 2.86. The predicted molar refractivity (Wildman–Crippen MR) is 115 cm³/mol. The molecule has 0 unspecified atom stereocenters. The fourth-order valence-electron chi connectivity index (χ4n) is 3.32. The van der Waals surface area contributed by atoms with Gasteiger partial charge >= 0.3 is 6.09 Å². The van der Waals surface area contributed by atoms with Crippen LogP contribution in [0.5, 0.6) is 0 Å². The predicted octanol–water partition coefficient (Wildman–Crippen LogP) is 6.27. The summed E-state index contributed by atoms with van der Waals surface area (Å²) in [6.45, 7) is 8.95. The summed E-state index contributed by atoms with van der Waals surface area (Å²) < 4.78 is 6.64. The van der Waals surface area contributed by atoms with Crippen LogP contribution >= 0.6 is 15.9 Å². The number of hydrogen-bond acceptors (Lipinski definition) is 3. The van der Waals surface area contributed by atoms with Crippen LogP contribution < -0.4 is 0 Å². The second-order valence-electron chi connectivity index (χ2n) is 8.02. The largest absolute Gasteiger partial charge is 0.444 e. The number of carbonyl (C=O) groups excluding carboxylic acids is 1. The molecule has 0 N–H and O–H groups in total. The quantitative estimate of drug-likeness (QED) is 0.573. The van der Waals surface area contributed by atoms with Gasteiger partial charge in [-0.1, -0.05) is 41.1 Å². The highest BCUT2D eigenvalue weighted by Crippen LogP contribution is 2.35. The van der Waals surface area contributed by atoms with Gasteiger partial charge in [-0.2, -0.15) is 0 Å². The van der Waals surface area contributed by atoms with Crippen molar-refractivity contribution >= 4 is 44.2 Å². The number of amides is 1. The van der Waals surface area contributed by atoms with E-state index >= 15 is 0 Å². The zero-order chi connectivity index (χ0) is 19.6. The highest BCUT2D eigenvalue weighted by atomic mass is 79.9. The lowest BCUT2D eigenvalue weighted by molar-refractivity contribution is 0.0278. The van der Waals surface area contributed by atoms with Crippen LogP contribution in [0.15, 0.2) is 39.8 Å². The monoisotopic (exact) mass is 430 g/mol. The van der Waals surface area contributed by atoms with Crippen molar-refractivity contribution < 1.29 is 9.53 Å². The summed E-state index contributed by atoms with van der Waals surface area (Å²) in [7, 11) is 0. The van der Waals surface area contributed by atoms with Crippen LogP contribution in [0.3, 0.4) is 0 Å². The molecule has 0 spiro atoms. The van der Waals surface area contributed by atoms with Gasteiger partial charge in [0.1, 0.15) is 5.60 Å². The summed E-state index contributed by atoms with van der Waals surface area (Å²) in [6, 6.07) is 10.6. The van der Waals surface area contributed by atoms with E-state index in [0.29, 0.717) is 13.1 Å². The topological polar surface area (TPSA) is 41.9 Å². The molecule has 0 saturated heterocycles. The van der Waals surface area contributed by atoms with Gasteiger partial charge in [0, 0.05) is 22.1 Å². The van der Waals surface area contributed by atoms with E-state index in [4.69, 9.17) is 9.73 Å².